The van der Waals surface area contributed by atoms with Crippen LogP contribution in [0.1, 0.15) is 25.3 Å². The summed E-state index contributed by atoms with van der Waals surface area (Å²) >= 11 is 1.24. The monoisotopic (exact) mass is 422 g/mol. The predicted octanol–water partition coefficient (Wildman–Crippen LogP) is -7.20. The van der Waals surface area contributed by atoms with Crippen molar-refractivity contribution in [3.05, 3.63) is 35.9 Å². The van der Waals surface area contributed by atoms with Crippen molar-refractivity contribution in [1.82, 2.24) is 4.90 Å². The van der Waals surface area contributed by atoms with Crippen LogP contribution in [0.5, 0.6) is 0 Å². The second-order valence-corrected chi connectivity index (χ2v) is 8.44. The second kappa shape index (κ2) is 9.51. The summed E-state index contributed by atoms with van der Waals surface area (Å²) in [4.78, 5) is 40.2. The summed E-state index contributed by atoms with van der Waals surface area (Å²) < 4.78 is -0.743. The number of amides is 1. The molecule has 2 fully saturated rings. The molecule has 2 aliphatic heterocycles. The Bertz CT molecular complexity index is 804. The molecule has 28 heavy (non-hydrogen) atoms. The molecule has 8 nitrogen and oxygen atoms in total. The summed E-state index contributed by atoms with van der Waals surface area (Å²) in [5.74, 6) is -5.89. The smallest absolute Gasteiger partial charge is 0.861 e. The molecule has 1 N–H and O–H groups in total. The van der Waals surface area contributed by atoms with E-state index in [4.69, 9.17) is 0 Å². The van der Waals surface area contributed by atoms with Gasteiger partial charge in [0.2, 0.25) is 0 Å². The van der Waals surface area contributed by atoms with Crippen LogP contribution in [-0.2, 0) is 14.4 Å². The number of aliphatic imine (C=N–C) groups is 1. The SMILES string of the molecule is CC1(C)S[C@@H]2C(N=C([O-])C(C(=O)[O-])c3ccccc3)C(=O)N2[C@H]1C(=O)O.[Na+].[Na+]. The van der Waals surface area contributed by atoms with E-state index in [9.17, 15) is 29.7 Å². The third-order valence-electron chi connectivity index (χ3n) is 4.53. The molecule has 0 spiro atoms. The number of β-lactam (4-membered cyclic amide) rings is 1. The van der Waals surface area contributed by atoms with Gasteiger partial charge in [0.1, 0.15) is 11.4 Å². The van der Waals surface area contributed by atoms with Gasteiger partial charge < -0.3 is 25.0 Å². The second-order valence-electron chi connectivity index (χ2n) is 6.67. The first-order valence-electron chi connectivity index (χ1n) is 7.88. The molecule has 0 bridgehead atoms. The Balaban J connectivity index is 0.00000196. The van der Waals surface area contributed by atoms with Gasteiger partial charge in [0.05, 0.1) is 11.9 Å². The molecule has 4 atom stereocenters. The third-order valence-corrected chi connectivity index (χ3v) is 6.09. The Hall–Kier alpha value is -0.550. The van der Waals surface area contributed by atoms with Gasteiger partial charge in [0, 0.05) is 4.75 Å². The average molecular weight is 422 g/mol. The average Bonchev–Trinajstić information content (AvgIpc) is 2.82. The topological polar surface area (TPSA) is 133 Å². The maximum Gasteiger partial charge on any atom is 1.00 e. The minimum Gasteiger partial charge on any atom is -0.861 e. The van der Waals surface area contributed by atoms with Crippen LogP contribution in [0.15, 0.2) is 35.3 Å². The van der Waals surface area contributed by atoms with E-state index >= 15 is 0 Å². The van der Waals surface area contributed by atoms with Gasteiger partial charge in [-0.1, -0.05) is 30.3 Å². The molecule has 1 aromatic rings. The molecule has 11 heteroatoms. The summed E-state index contributed by atoms with van der Waals surface area (Å²) in [5.41, 5.74) is 0.215. The summed E-state index contributed by atoms with van der Waals surface area (Å²) in [6.45, 7) is 3.41. The van der Waals surface area contributed by atoms with Crippen LogP contribution < -0.4 is 69.3 Å². The normalized spacial score (nSPS) is 26.2. The third kappa shape index (κ3) is 4.45. The predicted molar refractivity (Wildman–Crippen MR) is 89.1 cm³/mol. The summed E-state index contributed by atoms with van der Waals surface area (Å²) in [6.07, 6.45) is 0. The van der Waals surface area contributed by atoms with Crippen molar-refractivity contribution in [2.24, 2.45) is 4.99 Å². The first kappa shape index (κ1) is 25.5. The number of nitrogens with zero attached hydrogens (tertiary/aromatic N) is 2. The van der Waals surface area contributed by atoms with Crippen LogP contribution in [0.3, 0.4) is 0 Å². The molecule has 2 saturated heterocycles. The van der Waals surface area contributed by atoms with Crippen LogP contribution in [0, 0.1) is 0 Å². The van der Waals surface area contributed by atoms with Crippen LogP contribution in [0.25, 0.3) is 0 Å². The zero-order chi connectivity index (χ0) is 19.2. The number of thioether (sulfide) groups is 1. The minimum atomic E-state index is -1.60. The van der Waals surface area contributed by atoms with Gasteiger partial charge in [-0.3, -0.25) is 9.79 Å². The van der Waals surface area contributed by atoms with E-state index in [0.717, 1.165) is 0 Å². The molecule has 3 rings (SSSR count). The summed E-state index contributed by atoms with van der Waals surface area (Å²) in [7, 11) is 0. The van der Waals surface area contributed by atoms with E-state index in [-0.39, 0.29) is 64.7 Å². The number of carbonyl (C=O) groups is 3. The van der Waals surface area contributed by atoms with Crippen molar-refractivity contribution < 1.29 is 88.8 Å². The van der Waals surface area contributed by atoms with Gasteiger partial charge in [-0.15, -0.1) is 11.8 Å². The number of benzene rings is 1. The quantitative estimate of drug-likeness (QED) is 0.216. The largest absolute Gasteiger partial charge is 1.00 e. The number of aliphatic carboxylic acids is 2. The van der Waals surface area contributed by atoms with Gasteiger partial charge in [0.25, 0.3) is 5.91 Å². The molecule has 2 aliphatic rings. The summed E-state index contributed by atoms with van der Waals surface area (Å²) in [5, 5.41) is 32.6. The van der Waals surface area contributed by atoms with E-state index < -0.39 is 51.9 Å². The standard InChI is InChI=1S/C17H18N2O6S.2Na/c1-17(2)11(16(24)25)19-13(21)10(14(19)26-17)18-12(20)9(15(22)23)8-6-4-3-5-7-8;;/h3-7,9-11,14H,1-2H3,(H,18,20)(H,22,23)(H,24,25);;/q;2*+1/p-2/t9?,10?,11-,14+;;/m0../s1. The van der Waals surface area contributed by atoms with Gasteiger partial charge >= 0.3 is 65.1 Å². The molecule has 0 aliphatic carbocycles. The van der Waals surface area contributed by atoms with Crippen molar-refractivity contribution in [2.45, 2.75) is 42.0 Å². The fourth-order valence-electron chi connectivity index (χ4n) is 3.35. The van der Waals surface area contributed by atoms with Crippen LogP contribution >= 0.6 is 11.8 Å². The van der Waals surface area contributed by atoms with Gasteiger partial charge in [-0.25, -0.2) is 4.79 Å². The molecule has 0 aromatic heterocycles. The number of hydrogen-bond donors (Lipinski definition) is 1. The number of carbonyl (C=O) groups excluding carboxylic acids is 2. The fraction of sp³-hybridized carbons (Fsp3) is 0.412. The number of carboxylic acids is 2. The Morgan fingerprint density at radius 2 is 1.79 bits per heavy atom. The van der Waals surface area contributed by atoms with Crippen molar-refractivity contribution in [1.29, 1.82) is 0 Å². The van der Waals surface area contributed by atoms with E-state index in [1.807, 2.05) is 0 Å². The molecule has 0 saturated carbocycles. The Morgan fingerprint density at radius 1 is 1.21 bits per heavy atom. The fourth-order valence-corrected chi connectivity index (χ4v) is 4.96. The van der Waals surface area contributed by atoms with E-state index in [1.54, 1.807) is 32.0 Å². The number of fused-ring (bicyclic) bond motifs is 1. The zero-order valence-corrected chi connectivity index (χ0v) is 20.8. The van der Waals surface area contributed by atoms with Crippen LogP contribution in [-0.4, -0.2) is 56.0 Å². The van der Waals surface area contributed by atoms with Crippen molar-refractivity contribution in [3.63, 3.8) is 0 Å². The van der Waals surface area contributed by atoms with Crippen LogP contribution in [0.4, 0.5) is 0 Å². The first-order valence-corrected chi connectivity index (χ1v) is 8.76. The van der Waals surface area contributed by atoms with Gasteiger partial charge in [-0.2, -0.15) is 0 Å². The number of rotatable bonds is 5. The molecular formula is C17H16N2Na2O6S. The molecule has 138 valence electrons. The molecule has 0 radical (unpaired) electrons. The van der Waals surface area contributed by atoms with Gasteiger partial charge in [-0.05, 0) is 25.3 Å². The van der Waals surface area contributed by atoms with E-state index in [1.165, 1.54) is 28.8 Å². The maximum absolute atomic E-state index is 12.4. The Morgan fingerprint density at radius 3 is 2.29 bits per heavy atom. The maximum atomic E-state index is 12.4. The molecule has 1 amide bonds. The van der Waals surface area contributed by atoms with Crippen molar-refractivity contribution >= 4 is 35.5 Å². The minimum absolute atomic E-state index is 0. The Labute approximate surface area is 210 Å². The molecule has 2 unspecified atom stereocenters. The van der Waals surface area contributed by atoms with Gasteiger partial charge in [0.15, 0.2) is 6.04 Å². The zero-order valence-electron chi connectivity index (χ0n) is 16.0. The van der Waals surface area contributed by atoms with Crippen molar-refractivity contribution in [3.8, 4) is 0 Å². The molecular weight excluding hydrogens is 406 g/mol. The first-order chi connectivity index (χ1) is 12.1. The molecule has 1 aromatic carbocycles. The number of carboxylic acid groups (broad SMARTS) is 2. The van der Waals surface area contributed by atoms with E-state index in [2.05, 4.69) is 4.99 Å². The van der Waals surface area contributed by atoms with Crippen molar-refractivity contribution in [2.75, 3.05) is 0 Å². The summed E-state index contributed by atoms with van der Waals surface area (Å²) in [6, 6.07) is 5.68. The Kier molecular flexibility index (Phi) is 8.65. The van der Waals surface area contributed by atoms with Crippen LogP contribution in [0.2, 0.25) is 0 Å². The molecule has 2 heterocycles. The van der Waals surface area contributed by atoms with E-state index in [0.29, 0.717) is 0 Å². The number of hydrogen-bond acceptors (Lipinski definition) is 7.